The minimum Gasteiger partial charge on any atom is -0.289 e. The Labute approximate surface area is 83.3 Å². The predicted octanol–water partition coefficient (Wildman–Crippen LogP) is 1.92. The van der Waals surface area contributed by atoms with Gasteiger partial charge in [0.05, 0.1) is 7.11 Å². The van der Waals surface area contributed by atoms with Gasteiger partial charge in [0, 0.05) is 17.3 Å². The lowest BCUT2D eigenvalue weighted by atomic mass is 10.1. The maximum absolute atomic E-state index is 11.6. The van der Waals surface area contributed by atoms with E-state index in [1.54, 1.807) is 19.1 Å². The summed E-state index contributed by atoms with van der Waals surface area (Å²) in [5.41, 5.74) is 3.94. The molecule has 14 heavy (non-hydrogen) atoms. The first kappa shape index (κ1) is 10.5. The SMILES string of the molecule is CON/C(C)=C\C(=O)c1ccccc1. The van der Waals surface area contributed by atoms with E-state index in [-0.39, 0.29) is 5.78 Å². The number of carbonyl (C=O) groups is 1. The maximum Gasteiger partial charge on any atom is 0.187 e. The summed E-state index contributed by atoms with van der Waals surface area (Å²) in [5, 5.41) is 0. The van der Waals surface area contributed by atoms with Crippen molar-refractivity contribution in [3.8, 4) is 0 Å². The fraction of sp³-hybridized carbons (Fsp3) is 0.182. The van der Waals surface area contributed by atoms with Crippen LogP contribution in [-0.2, 0) is 4.84 Å². The quantitative estimate of drug-likeness (QED) is 0.449. The number of benzene rings is 1. The van der Waals surface area contributed by atoms with Crippen molar-refractivity contribution in [1.82, 2.24) is 5.48 Å². The van der Waals surface area contributed by atoms with Crippen LogP contribution in [0.2, 0.25) is 0 Å². The zero-order valence-corrected chi connectivity index (χ0v) is 8.28. The van der Waals surface area contributed by atoms with Gasteiger partial charge in [-0.2, -0.15) is 0 Å². The number of hydrogen-bond donors (Lipinski definition) is 1. The molecule has 0 saturated heterocycles. The van der Waals surface area contributed by atoms with Crippen LogP contribution in [-0.4, -0.2) is 12.9 Å². The molecule has 0 saturated carbocycles. The molecular formula is C11H13NO2. The molecule has 1 aromatic carbocycles. The van der Waals surface area contributed by atoms with Gasteiger partial charge in [0.1, 0.15) is 0 Å². The molecule has 0 aliphatic rings. The predicted molar refractivity (Wildman–Crippen MR) is 54.7 cm³/mol. The topological polar surface area (TPSA) is 38.3 Å². The summed E-state index contributed by atoms with van der Waals surface area (Å²) in [4.78, 5) is 16.2. The van der Waals surface area contributed by atoms with E-state index in [9.17, 15) is 4.79 Å². The number of ketones is 1. The highest BCUT2D eigenvalue weighted by Crippen LogP contribution is 2.02. The first-order valence-corrected chi connectivity index (χ1v) is 4.30. The van der Waals surface area contributed by atoms with Crippen LogP contribution in [0.25, 0.3) is 0 Å². The first-order valence-electron chi connectivity index (χ1n) is 4.30. The van der Waals surface area contributed by atoms with Gasteiger partial charge in [-0.1, -0.05) is 30.3 Å². The van der Waals surface area contributed by atoms with Crippen molar-refractivity contribution in [2.45, 2.75) is 6.92 Å². The molecule has 0 aliphatic heterocycles. The maximum atomic E-state index is 11.6. The van der Waals surface area contributed by atoms with Crippen LogP contribution < -0.4 is 5.48 Å². The van der Waals surface area contributed by atoms with Gasteiger partial charge in [-0.3, -0.25) is 15.1 Å². The Balaban J connectivity index is 2.72. The number of nitrogens with one attached hydrogen (secondary N) is 1. The largest absolute Gasteiger partial charge is 0.289 e. The second kappa shape index (κ2) is 5.19. The average Bonchev–Trinajstić information content (AvgIpc) is 2.19. The van der Waals surface area contributed by atoms with Crippen LogP contribution >= 0.6 is 0 Å². The number of hydroxylamine groups is 1. The van der Waals surface area contributed by atoms with Crippen molar-refractivity contribution < 1.29 is 9.63 Å². The molecule has 0 atom stereocenters. The summed E-state index contributed by atoms with van der Waals surface area (Å²) in [5.74, 6) is -0.0346. The molecule has 74 valence electrons. The van der Waals surface area contributed by atoms with Crippen LogP contribution in [0.3, 0.4) is 0 Å². The molecular weight excluding hydrogens is 178 g/mol. The van der Waals surface area contributed by atoms with E-state index in [4.69, 9.17) is 0 Å². The molecule has 1 aromatic rings. The Bertz CT molecular complexity index is 330. The third-order valence-corrected chi connectivity index (χ3v) is 1.67. The zero-order valence-electron chi connectivity index (χ0n) is 8.28. The normalized spacial score (nSPS) is 11.1. The molecule has 0 amide bonds. The second-order valence-electron chi connectivity index (χ2n) is 2.86. The lowest BCUT2D eigenvalue weighted by molar-refractivity contribution is 0.102. The van der Waals surface area contributed by atoms with E-state index in [0.717, 1.165) is 0 Å². The van der Waals surface area contributed by atoms with Gasteiger partial charge in [0.25, 0.3) is 0 Å². The van der Waals surface area contributed by atoms with Crippen LogP contribution in [0.4, 0.5) is 0 Å². The van der Waals surface area contributed by atoms with E-state index in [0.29, 0.717) is 11.3 Å². The first-order chi connectivity index (χ1) is 6.74. The standard InChI is InChI=1S/C11H13NO2/c1-9(12-14-2)8-11(13)10-6-4-3-5-7-10/h3-8,12H,1-2H3/b9-8-. The van der Waals surface area contributed by atoms with Crippen molar-refractivity contribution in [1.29, 1.82) is 0 Å². The molecule has 0 spiro atoms. The molecule has 0 aliphatic carbocycles. The van der Waals surface area contributed by atoms with Crippen molar-refractivity contribution >= 4 is 5.78 Å². The van der Waals surface area contributed by atoms with Gasteiger partial charge in [-0.15, -0.1) is 0 Å². The monoisotopic (exact) mass is 191 g/mol. The summed E-state index contributed by atoms with van der Waals surface area (Å²) in [6.45, 7) is 1.77. The van der Waals surface area contributed by atoms with E-state index < -0.39 is 0 Å². The molecule has 1 rings (SSSR count). The summed E-state index contributed by atoms with van der Waals surface area (Å²) in [6, 6.07) is 9.10. The second-order valence-corrected chi connectivity index (χ2v) is 2.86. The van der Waals surface area contributed by atoms with Gasteiger partial charge in [-0.25, -0.2) is 0 Å². The van der Waals surface area contributed by atoms with Crippen LogP contribution in [0.5, 0.6) is 0 Å². The van der Waals surface area contributed by atoms with Gasteiger partial charge < -0.3 is 0 Å². The molecule has 0 heterocycles. The van der Waals surface area contributed by atoms with Crippen molar-refractivity contribution in [2.24, 2.45) is 0 Å². The Morgan fingerprint density at radius 2 is 2.00 bits per heavy atom. The number of rotatable bonds is 4. The zero-order chi connectivity index (χ0) is 10.4. The Morgan fingerprint density at radius 3 is 2.57 bits per heavy atom. The highest BCUT2D eigenvalue weighted by molar-refractivity contribution is 6.04. The third-order valence-electron chi connectivity index (χ3n) is 1.67. The fourth-order valence-electron chi connectivity index (χ4n) is 1.07. The molecule has 0 unspecified atom stereocenters. The summed E-state index contributed by atoms with van der Waals surface area (Å²) in [6.07, 6.45) is 1.50. The third kappa shape index (κ3) is 3.03. The van der Waals surface area contributed by atoms with E-state index in [2.05, 4.69) is 10.3 Å². The van der Waals surface area contributed by atoms with E-state index in [1.807, 2.05) is 18.2 Å². The Morgan fingerprint density at radius 1 is 1.36 bits per heavy atom. The lowest BCUT2D eigenvalue weighted by Gasteiger charge is -2.01. The van der Waals surface area contributed by atoms with Crippen molar-refractivity contribution in [3.63, 3.8) is 0 Å². The van der Waals surface area contributed by atoms with Gasteiger partial charge in [0.15, 0.2) is 5.78 Å². The average molecular weight is 191 g/mol. The van der Waals surface area contributed by atoms with Gasteiger partial charge in [0.2, 0.25) is 0 Å². The smallest absolute Gasteiger partial charge is 0.187 e. The molecule has 0 radical (unpaired) electrons. The Kier molecular flexibility index (Phi) is 3.88. The lowest BCUT2D eigenvalue weighted by Crippen LogP contribution is -2.10. The van der Waals surface area contributed by atoms with Crippen LogP contribution in [0.1, 0.15) is 17.3 Å². The van der Waals surface area contributed by atoms with Crippen LogP contribution in [0.15, 0.2) is 42.1 Å². The van der Waals surface area contributed by atoms with Crippen molar-refractivity contribution in [3.05, 3.63) is 47.7 Å². The van der Waals surface area contributed by atoms with Crippen LogP contribution in [0, 0.1) is 0 Å². The number of carbonyl (C=O) groups excluding carboxylic acids is 1. The fourth-order valence-corrected chi connectivity index (χ4v) is 1.07. The summed E-state index contributed by atoms with van der Waals surface area (Å²) >= 11 is 0. The minimum absolute atomic E-state index is 0.0346. The molecule has 1 N–H and O–H groups in total. The van der Waals surface area contributed by atoms with E-state index >= 15 is 0 Å². The van der Waals surface area contributed by atoms with Gasteiger partial charge in [-0.05, 0) is 6.92 Å². The summed E-state index contributed by atoms with van der Waals surface area (Å²) < 4.78 is 0. The minimum atomic E-state index is -0.0346. The molecule has 0 bridgehead atoms. The number of hydrogen-bond acceptors (Lipinski definition) is 3. The van der Waals surface area contributed by atoms with Gasteiger partial charge >= 0.3 is 0 Å². The Hall–Kier alpha value is -1.61. The molecule has 3 heteroatoms. The highest BCUT2D eigenvalue weighted by atomic mass is 16.6. The molecule has 0 aromatic heterocycles. The molecule has 3 nitrogen and oxygen atoms in total. The van der Waals surface area contributed by atoms with E-state index in [1.165, 1.54) is 13.2 Å². The number of allylic oxidation sites excluding steroid dienone is 2. The highest BCUT2D eigenvalue weighted by Gasteiger charge is 2.00. The summed E-state index contributed by atoms with van der Waals surface area (Å²) in [7, 11) is 1.50. The molecule has 0 fully saturated rings. The van der Waals surface area contributed by atoms with Crippen molar-refractivity contribution in [2.75, 3.05) is 7.11 Å².